The second kappa shape index (κ2) is 12.3. The number of anilines is 1. The first-order valence-corrected chi connectivity index (χ1v) is 10.4. The number of ether oxygens (including phenoxy) is 1. The molecule has 0 radical (unpaired) electrons. The van der Waals surface area contributed by atoms with E-state index in [1.165, 1.54) is 0 Å². The van der Waals surface area contributed by atoms with Crippen LogP contribution in [0.2, 0.25) is 5.02 Å². The SMILES string of the molecule is CCN(CC)C(=O)COc1ccc(NC(=O)CC2CSCCN2)cc1Cl.Cl. The molecule has 152 valence electrons. The molecule has 2 N–H and O–H groups in total. The predicted molar refractivity (Wildman–Crippen MR) is 114 cm³/mol. The lowest BCUT2D eigenvalue weighted by Gasteiger charge is -2.22. The van der Waals surface area contributed by atoms with E-state index < -0.39 is 0 Å². The molecule has 0 spiro atoms. The molecule has 6 nitrogen and oxygen atoms in total. The molecule has 1 atom stereocenters. The van der Waals surface area contributed by atoms with Gasteiger partial charge < -0.3 is 20.3 Å². The number of amides is 2. The molecule has 1 heterocycles. The van der Waals surface area contributed by atoms with E-state index in [1.807, 2.05) is 25.6 Å². The Morgan fingerprint density at radius 3 is 2.70 bits per heavy atom. The second-order valence-electron chi connectivity index (χ2n) is 5.98. The second-order valence-corrected chi connectivity index (χ2v) is 7.54. The lowest BCUT2D eigenvalue weighted by molar-refractivity contribution is -0.133. The molecule has 0 aromatic heterocycles. The first-order chi connectivity index (χ1) is 12.5. The number of halogens is 2. The summed E-state index contributed by atoms with van der Waals surface area (Å²) < 4.78 is 5.52. The average molecular weight is 436 g/mol. The van der Waals surface area contributed by atoms with Gasteiger partial charge in [-0.05, 0) is 32.0 Å². The van der Waals surface area contributed by atoms with Crippen LogP contribution in [0.25, 0.3) is 0 Å². The highest BCUT2D eigenvalue weighted by atomic mass is 35.5. The molecule has 2 rings (SSSR count). The Morgan fingerprint density at radius 1 is 1.37 bits per heavy atom. The van der Waals surface area contributed by atoms with Crippen LogP contribution in [0.3, 0.4) is 0 Å². The highest BCUT2D eigenvalue weighted by Gasteiger charge is 2.17. The summed E-state index contributed by atoms with van der Waals surface area (Å²) in [6.07, 6.45) is 0.432. The van der Waals surface area contributed by atoms with E-state index in [2.05, 4.69) is 10.6 Å². The summed E-state index contributed by atoms with van der Waals surface area (Å²) in [5.41, 5.74) is 0.617. The Bertz CT molecular complexity index is 624. The minimum atomic E-state index is -0.0821. The smallest absolute Gasteiger partial charge is 0.260 e. The molecule has 1 unspecified atom stereocenters. The molecule has 1 fully saturated rings. The predicted octanol–water partition coefficient (Wildman–Crippen LogP) is 3.04. The average Bonchev–Trinajstić information content (AvgIpc) is 2.63. The van der Waals surface area contributed by atoms with Crippen LogP contribution in [-0.2, 0) is 9.59 Å². The van der Waals surface area contributed by atoms with Gasteiger partial charge in [0.15, 0.2) is 6.61 Å². The molecule has 0 aliphatic carbocycles. The molecular weight excluding hydrogens is 409 g/mol. The summed E-state index contributed by atoms with van der Waals surface area (Å²) in [5.74, 6) is 2.33. The Kier molecular flexibility index (Phi) is 10.9. The largest absolute Gasteiger partial charge is 0.482 e. The summed E-state index contributed by atoms with van der Waals surface area (Å²) in [5, 5.41) is 6.56. The third kappa shape index (κ3) is 7.78. The van der Waals surface area contributed by atoms with Crippen LogP contribution in [-0.4, -0.2) is 60.5 Å². The fraction of sp³-hybridized carbons (Fsp3) is 0.556. The Labute approximate surface area is 176 Å². The van der Waals surface area contributed by atoms with Gasteiger partial charge in [0.25, 0.3) is 5.91 Å². The first kappa shape index (κ1) is 23.9. The molecule has 0 saturated carbocycles. The number of likely N-dealkylation sites (N-methyl/N-ethyl adjacent to an activating group) is 1. The van der Waals surface area contributed by atoms with E-state index >= 15 is 0 Å². The number of carbonyl (C=O) groups is 2. The summed E-state index contributed by atoms with van der Waals surface area (Å²) in [6.45, 7) is 6.02. The number of nitrogens with zero attached hydrogens (tertiary/aromatic N) is 1. The number of hydrogen-bond acceptors (Lipinski definition) is 5. The molecule has 27 heavy (non-hydrogen) atoms. The van der Waals surface area contributed by atoms with Crippen molar-refractivity contribution in [1.29, 1.82) is 0 Å². The van der Waals surface area contributed by atoms with Gasteiger partial charge in [0.1, 0.15) is 5.75 Å². The van der Waals surface area contributed by atoms with E-state index in [-0.39, 0.29) is 36.9 Å². The zero-order valence-electron chi connectivity index (χ0n) is 15.6. The van der Waals surface area contributed by atoms with Gasteiger partial charge in [0.05, 0.1) is 5.02 Å². The molecule has 1 aliphatic heterocycles. The zero-order valence-corrected chi connectivity index (χ0v) is 18.0. The molecule has 1 aromatic carbocycles. The number of nitrogens with one attached hydrogen (secondary N) is 2. The van der Waals surface area contributed by atoms with Gasteiger partial charge in [-0.25, -0.2) is 0 Å². The van der Waals surface area contributed by atoms with Crippen molar-refractivity contribution in [3.8, 4) is 5.75 Å². The minimum absolute atomic E-state index is 0. The Hall–Kier alpha value is -1.15. The quantitative estimate of drug-likeness (QED) is 0.656. The fourth-order valence-electron chi connectivity index (χ4n) is 2.69. The maximum Gasteiger partial charge on any atom is 0.260 e. The van der Waals surface area contributed by atoms with Gasteiger partial charge in [0, 0.05) is 49.3 Å². The van der Waals surface area contributed by atoms with Crippen molar-refractivity contribution in [3.63, 3.8) is 0 Å². The van der Waals surface area contributed by atoms with E-state index in [9.17, 15) is 9.59 Å². The van der Waals surface area contributed by atoms with Crippen LogP contribution in [0.1, 0.15) is 20.3 Å². The van der Waals surface area contributed by atoms with Crippen molar-refractivity contribution in [1.82, 2.24) is 10.2 Å². The van der Waals surface area contributed by atoms with Gasteiger partial charge in [-0.1, -0.05) is 11.6 Å². The maximum absolute atomic E-state index is 12.1. The third-order valence-electron chi connectivity index (χ3n) is 4.11. The summed E-state index contributed by atoms with van der Waals surface area (Å²) in [6, 6.07) is 5.24. The van der Waals surface area contributed by atoms with Crippen molar-refractivity contribution in [2.45, 2.75) is 26.3 Å². The van der Waals surface area contributed by atoms with Gasteiger partial charge in [0.2, 0.25) is 5.91 Å². The monoisotopic (exact) mass is 435 g/mol. The summed E-state index contributed by atoms with van der Waals surface area (Å²) in [4.78, 5) is 25.8. The maximum atomic E-state index is 12.1. The van der Waals surface area contributed by atoms with E-state index in [1.54, 1.807) is 23.1 Å². The number of carbonyl (C=O) groups excluding carboxylic acids is 2. The Balaban J connectivity index is 0.00000364. The van der Waals surface area contributed by atoms with E-state index in [0.29, 0.717) is 36.0 Å². The number of benzene rings is 1. The van der Waals surface area contributed by atoms with Crippen LogP contribution >= 0.6 is 35.8 Å². The van der Waals surface area contributed by atoms with Crippen molar-refractivity contribution >= 4 is 53.3 Å². The highest BCUT2D eigenvalue weighted by molar-refractivity contribution is 7.99. The van der Waals surface area contributed by atoms with Crippen molar-refractivity contribution in [3.05, 3.63) is 23.2 Å². The van der Waals surface area contributed by atoms with E-state index in [0.717, 1.165) is 18.1 Å². The number of hydrogen-bond donors (Lipinski definition) is 2. The van der Waals surface area contributed by atoms with Crippen molar-refractivity contribution < 1.29 is 14.3 Å². The zero-order chi connectivity index (χ0) is 18.9. The van der Waals surface area contributed by atoms with Crippen LogP contribution < -0.4 is 15.4 Å². The standard InChI is InChI=1S/C18H26ClN3O3S.ClH/c1-3-22(4-2)18(24)11-25-16-6-5-13(9-15(16)19)21-17(23)10-14-12-26-8-7-20-14;/h5-6,9,14,20H,3-4,7-8,10-12H2,1-2H3,(H,21,23);1H. The van der Waals surface area contributed by atoms with Crippen molar-refractivity contribution in [2.24, 2.45) is 0 Å². The highest BCUT2D eigenvalue weighted by Crippen LogP contribution is 2.28. The normalized spacial score (nSPS) is 16.2. The minimum Gasteiger partial charge on any atom is -0.482 e. The van der Waals surface area contributed by atoms with Crippen LogP contribution in [0.4, 0.5) is 5.69 Å². The summed E-state index contributed by atoms with van der Waals surface area (Å²) in [7, 11) is 0. The molecule has 1 aliphatic rings. The van der Waals surface area contributed by atoms with Crippen LogP contribution in [0.5, 0.6) is 5.75 Å². The van der Waals surface area contributed by atoms with Gasteiger partial charge in [-0.15, -0.1) is 12.4 Å². The molecule has 9 heteroatoms. The van der Waals surface area contributed by atoms with Gasteiger partial charge in [-0.3, -0.25) is 9.59 Å². The van der Waals surface area contributed by atoms with Gasteiger partial charge >= 0.3 is 0 Å². The van der Waals surface area contributed by atoms with Gasteiger partial charge in [-0.2, -0.15) is 11.8 Å². The van der Waals surface area contributed by atoms with Crippen LogP contribution in [0, 0.1) is 0 Å². The first-order valence-electron chi connectivity index (χ1n) is 8.84. The topological polar surface area (TPSA) is 70.7 Å². The molecular formula is C18H27Cl2N3O3S. The van der Waals surface area contributed by atoms with Crippen molar-refractivity contribution in [2.75, 3.05) is 43.1 Å². The molecule has 1 aromatic rings. The number of rotatable bonds is 8. The van der Waals surface area contributed by atoms with E-state index in [4.69, 9.17) is 16.3 Å². The fourth-order valence-corrected chi connectivity index (χ4v) is 3.87. The van der Waals surface area contributed by atoms with Crippen LogP contribution in [0.15, 0.2) is 18.2 Å². The third-order valence-corrected chi connectivity index (χ3v) is 5.54. The number of thioether (sulfide) groups is 1. The lowest BCUT2D eigenvalue weighted by Crippen LogP contribution is -2.39. The Morgan fingerprint density at radius 2 is 2.11 bits per heavy atom. The molecule has 1 saturated heterocycles. The lowest BCUT2D eigenvalue weighted by atomic mass is 10.2. The molecule has 0 bridgehead atoms. The summed E-state index contributed by atoms with van der Waals surface area (Å²) >= 11 is 8.08. The molecule has 2 amide bonds.